The van der Waals surface area contributed by atoms with Crippen LogP contribution in [0.1, 0.15) is 5.56 Å². The maximum atomic E-state index is 11.9. The predicted octanol–water partition coefficient (Wildman–Crippen LogP) is 2.50. The lowest BCUT2D eigenvalue weighted by Crippen LogP contribution is -2.07. The molecule has 0 radical (unpaired) electrons. The predicted molar refractivity (Wildman–Crippen MR) is 75.6 cm³/mol. The van der Waals surface area contributed by atoms with Gasteiger partial charge in [-0.05, 0) is 24.3 Å². The monoisotopic (exact) mass is 265 g/mol. The molecule has 0 N–H and O–H groups in total. The van der Waals surface area contributed by atoms with Gasteiger partial charge in [-0.2, -0.15) is 5.26 Å². The number of fused-ring (bicyclic) bond motifs is 1. The van der Waals surface area contributed by atoms with E-state index < -0.39 is 5.63 Å². The van der Waals surface area contributed by atoms with Crippen LogP contribution >= 0.6 is 0 Å². The molecule has 0 fully saturated rings. The summed E-state index contributed by atoms with van der Waals surface area (Å²) in [6, 6.07) is 8.20. The van der Waals surface area contributed by atoms with E-state index in [0.29, 0.717) is 16.7 Å². The maximum Gasteiger partial charge on any atom is 0.344 e. The number of hydrogen-bond acceptors (Lipinski definition) is 4. The van der Waals surface area contributed by atoms with Gasteiger partial charge in [0.05, 0.1) is 18.2 Å². The van der Waals surface area contributed by atoms with Crippen LogP contribution in [-0.2, 0) is 0 Å². The SMILES string of the molecule is C=C(C(=C=[N-])C#N)c1cc2cc(OC)ccc2oc1=O. The van der Waals surface area contributed by atoms with Crippen LogP contribution in [0.4, 0.5) is 0 Å². The highest BCUT2D eigenvalue weighted by molar-refractivity contribution is 5.94. The third-order valence-electron chi connectivity index (χ3n) is 2.79. The van der Waals surface area contributed by atoms with Gasteiger partial charge in [0, 0.05) is 11.0 Å². The van der Waals surface area contributed by atoms with Gasteiger partial charge in [0.25, 0.3) is 0 Å². The highest BCUT2D eigenvalue weighted by Crippen LogP contribution is 2.23. The quantitative estimate of drug-likeness (QED) is 0.369. The van der Waals surface area contributed by atoms with E-state index in [1.54, 1.807) is 30.1 Å². The molecule has 0 spiro atoms. The Labute approximate surface area is 114 Å². The lowest BCUT2D eigenvalue weighted by atomic mass is 10.0. The van der Waals surface area contributed by atoms with Crippen molar-refractivity contribution in [1.82, 2.24) is 0 Å². The number of benzene rings is 1. The zero-order valence-corrected chi connectivity index (χ0v) is 10.6. The molecule has 0 atom stereocenters. The fraction of sp³-hybridized carbons (Fsp3) is 0.0667. The van der Waals surface area contributed by atoms with E-state index in [9.17, 15) is 4.79 Å². The molecule has 98 valence electrons. The highest BCUT2D eigenvalue weighted by Gasteiger charge is 2.11. The van der Waals surface area contributed by atoms with Crippen molar-refractivity contribution in [2.45, 2.75) is 0 Å². The smallest absolute Gasteiger partial charge is 0.344 e. The molecule has 1 aromatic carbocycles. The molecule has 0 aliphatic rings. The molecular formula is C15H9N2O3-. The second kappa shape index (κ2) is 5.27. The minimum absolute atomic E-state index is 0.0495. The summed E-state index contributed by atoms with van der Waals surface area (Å²) < 4.78 is 10.2. The maximum absolute atomic E-state index is 11.9. The van der Waals surface area contributed by atoms with Gasteiger partial charge in [-0.1, -0.05) is 6.58 Å². The lowest BCUT2D eigenvalue weighted by molar-refractivity contribution is 0.415. The zero-order valence-electron chi connectivity index (χ0n) is 10.6. The molecule has 1 heterocycles. The first-order valence-corrected chi connectivity index (χ1v) is 5.59. The lowest BCUT2D eigenvalue weighted by Gasteiger charge is -2.05. The molecule has 1 aromatic heterocycles. The number of methoxy groups -OCH3 is 1. The van der Waals surface area contributed by atoms with Gasteiger partial charge in [-0.15, -0.1) is 0 Å². The second-order valence-electron chi connectivity index (χ2n) is 3.93. The minimum Gasteiger partial charge on any atom is -0.762 e. The van der Waals surface area contributed by atoms with Gasteiger partial charge in [0.2, 0.25) is 0 Å². The molecule has 0 unspecified atom stereocenters. The highest BCUT2D eigenvalue weighted by atomic mass is 16.5. The number of rotatable bonds is 3. The summed E-state index contributed by atoms with van der Waals surface area (Å²) in [5.74, 6) is 2.30. The summed E-state index contributed by atoms with van der Waals surface area (Å²) >= 11 is 0. The van der Waals surface area contributed by atoms with Crippen LogP contribution in [0.5, 0.6) is 5.75 Å². The van der Waals surface area contributed by atoms with E-state index in [4.69, 9.17) is 19.8 Å². The Hall–Kier alpha value is -3.09. The molecule has 0 saturated carbocycles. The Balaban J connectivity index is 2.69. The molecule has 0 aliphatic heterocycles. The Morgan fingerprint density at radius 3 is 2.80 bits per heavy atom. The first-order chi connectivity index (χ1) is 9.60. The summed E-state index contributed by atoms with van der Waals surface area (Å²) in [5, 5.41) is 18.3. The summed E-state index contributed by atoms with van der Waals surface area (Å²) in [6.07, 6.45) is 0. The standard InChI is InChI=1S/C15H9N2O3/c1-9(11(7-16)8-17)13-6-10-5-12(19-2)3-4-14(10)20-15(13)18/h3-6H,1H2,2H3/q-1. The summed E-state index contributed by atoms with van der Waals surface area (Å²) in [5.41, 5.74) is -0.338. The third kappa shape index (κ3) is 2.24. The Morgan fingerprint density at radius 1 is 1.45 bits per heavy atom. The van der Waals surface area contributed by atoms with Crippen molar-refractivity contribution in [2.24, 2.45) is 0 Å². The zero-order chi connectivity index (χ0) is 14.7. The van der Waals surface area contributed by atoms with Crippen molar-refractivity contribution < 1.29 is 9.15 Å². The Kier molecular flexibility index (Phi) is 3.52. The molecule has 5 heteroatoms. The fourth-order valence-corrected chi connectivity index (χ4v) is 1.73. The van der Waals surface area contributed by atoms with E-state index >= 15 is 0 Å². The summed E-state index contributed by atoms with van der Waals surface area (Å²) in [7, 11) is 1.53. The van der Waals surface area contributed by atoms with E-state index in [2.05, 4.69) is 6.58 Å². The van der Waals surface area contributed by atoms with Gasteiger partial charge >= 0.3 is 5.63 Å². The summed E-state index contributed by atoms with van der Waals surface area (Å²) in [4.78, 5) is 11.9. The van der Waals surface area contributed by atoms with E-state index in [1.165, 1.54) is 13.2 Å². The summed E-state index contributed by atoms with van der Waals surface area (Å²) in [6.45, 7) is 3.60. The first-order valence-electron chi connectivity index (χ1n) is 5.59. The second-order valence-corrected chi connectivity index (χ2v) is 3.93. The number of hydrogen-bond donors (Lipinski definition) is 0. The molecule has 0 amide bonds. The number of nitrogens with zero attached hydrogens (tertiary/aromatic N) is 2. The Morgan fingerprint density at radius 2 is 2.20 bits per heavy atom. The number of nitriles is 1. The van der Waals surface area contributed by atoms with Crippen molar-refractivity contribution in [1.29, 1.82) is 5.26 Å². The van der Waals surface area contributed by atoms with Crippen molar-refractivity contribution in [3.63, 3.8) is 0 Å². The minimum atomic E-state index is -0.643. The Bertz CT molecular complexity index is 850. The van der Waals surface area contributed by atoms with Gasteiger partial charge in [0.15, 0.2) is 0 Å². The average molecular weight is 265 g/mol. The van der Waals surface area contributed by atoms with Gasteiger partial charge in [-0.3, -0.25) is 0 Å². The van der Waals surface area contributed by atoms with Crippen LogP contribution in [0.25, 0.3) is 22.0 Å². The van der Waals surface area contributed by atoms with E-state index in [0.717, 1.165) is 0 Å². The topological polar surface area (TPSA) is 85.5 Å². The van der Waals surface area contributed by atoms with Crippen molar-refractivity contribution in [2.75, 3.05) is 7.11 Å². The normalized spacial score (nSPS) is 9.60. The van der Waals surface area contributed by atoms with Crippen LogP contribution in [0, 0.1) is 11.3 Å². The van der Waals surface area contributed by atoms with Crippen molar-refractivity contribution in [3.05, 3.63) is 57.8 Å². The number of ether oxygens (including phenoxy) is 1. The molecule has 20 heavy (non-hydrogen) atoms. The van der Waals surface area contributed by atoms with Gasteiger partial charge in [-0.25, -0.2) is 10.7 Å². The van der Waals surface area contributed by atoms with Gasteiger partial charge in [0.1, 0.15) is 17.4 Å². The van der Waals surface area contributed by atoms with Crippen LogP contribution in [-0.4, -0.2) is 13.0 Å². The van der Waals surface area contributed by atoms with Crippen molar-refractivity contribution >= 4 is 22.4 Å². The van der Waals surface area contributed by atoms with Crippen molar-refractivity contribution in [3.8, 4) is 11.8 Å². The molecule has 5 nitrogen and oxygen atoms in total. The van der Waals surface area contributed by atoms with Crippen LogP contribution in [0.3, 0.4) is 0 Å². The first kappa shape index (κ1) is 13.3. The van der Waals surface area contributed by atoms with Crippen LogP contribution < -0.4 is 10.4 Å². The fourth-order valence-electron chi connectivity index (χ4n) is 1.73. The largest absolute Gasteiger partial charge is 0.762 e. The van der Waals surface area contributed by atoms with Crippen LogP contribution in [0.2, 0.25) is 0 Å². The molecule has 0 bridgehead atoms. The van der Waals surface area contributed by atoms with Crippen LogP contribution in [0.15, 0.2) is 45.6 Å². The average Bonchev–Trinajstić information content (AvgIpc) is 2.47. The molecule has 2 rings (SSSR count). The van der Waals surface area contributed by atoms with E-state index in [-0.39, 0.29) is 16.7 Å². The molecular weight excluding hydrogens is 256 g/mol. The van der Waals surface area contributed by atoms with Gasteiger partial charge < -0.3 is 14.6 Å². The van der Waals surface area contributed by atoms with E-state index in [1.807, 2.05) is 0 Å². The molecule has 0 saturated heterocycles. The third-order valence-corrected chi connectivity index (χ3v) is 2.79. The number of allylic oxidation sites excluding steroid dienone is 2. The molecule has 2 aromatic rings. The molecule has 0 aliphatic carbocycles.